The summed E-state index contributed by atoms with van der Waals surface area (Å²) in [7, 11) is 0. The second-order valence-corrected chi connectivity index (χ2v) is 9.15. The smallest absolute Gasteiger partial charge is 0.414 e. The number of hydrogen-bond donors (Lipinski definition) is 1. The highest BCUT2D eigenvalue weighted by atomic mass is 16.6. The van der Waals surface area contributed by atoms with Crippen LogP contribution in [0.2, 0.25) is 0 Å². The lowest BCUT2D eigenvalue weighted by Crippen LogP contribution is -2.65. The largest absolute Gasteiger partial charge is 0.450 e. The first kappa shape index (κ1) is 20.7. The molecule has 1 saturated heterocycles. The van der Waals surface area contributed by atoms with E-state index in [0.717, 1.165) is 6.42 Å². The first-order chi connectivity index (χ1) is 14.3. The predicted octanol–water partition coefficient (Wildman–Crippen LogP) is 1.99. The van der Waals surface area contributed by atoms with E-state index in [2.05, 4.69) is 31.4 Å². The molecule has 2 amide bonds. The summed E-state index contributed by atoms with van der Waals surface area (Å²) in [5.41, 5.74) is 0.351. The number of anilines is 1. The fourth-order valence-corrected chi connectivity index (χ4v) is 5.25. The van der Waals surface area contributed by atoms with Gasteiger partial charge in [0.2, 0.25) is 5.27 Å². The van der Waals surface area contributed by atoms with Gasteiger partial charge in [-0.25, -0.2) is 9.59 Å². The highest BCUT2D eigenvalue weighted by molar-refractivity contribution is 5.82. The Hall–Kier alpha value is -2.52. The number of hydrogen-bond acceptors (Lipinski definition) is 7. The molecule has 10 nitrogen and oxygen atoms in total. The average molecular weight is 423 g/mol. The normalized spacial score (nSPS) is 29.7. The summed E-state index contributed by atoms with van der Waals surface area (Å²) in [5.74, 6) is 1.81. The molecule has 0 radical (unpaired) electrons. The number of aromatic nitrogens is 2. The monoisotopic (exact) mass is 422 g/mol. The molecular formula is C20H32N5O5+. The van der Waals surface area contributed by atoms with E-state index in [1.165, 1.54) is 6.42 Å². The SMILES string of the molecule is CCOC(=O)N1CCN([n+]2cc(NC(=O)OC3CC4CC(C3C)C4(C)C)on2)CC1. The number of fused-ring (bicyclic) bond motifs is 2. The number of piperazine rings is 1. The minimum absolute atomic E-state index is 0.0622. The molecule has 2 heterocycles. The molecule has 4 aliphatic rings. The molecule has 4 unspecified atom stereocenters. The van der Waals surface area contributed by atoms with E-state index in [0.29, 0.717) is 56.0 Å². The van der Waals surface area contributed by atoms with Gasteiger partial charge in [-0.05, 0) is 42.9 Å². The molecule has 0 aromatic carbocycles. The summed E-state index contributed by atoms with van der Waals surface area (Å²) in [6.45, 7) is 11.2. The van der Waals surface area contributed by atoms with Gasteiger partial charge in [-0.1, -0.05) is 20.8 Å². The van der Waals surface area contributed by atoms with Crippen LogP contribution in [0.5, 0.6) is 0 Å². The quantitative estimate of drug-likeness (QED) is 0.741. The summed E-state index contributed by atoms with van der Waals surface area (Å²) in [6.07, 6.45) is 2.88. The predicted molar refractivity (Wildman–Crippen MR) is 106 cm³/mol. The Balaban J connectivity index is 1.26. The van der Waals surface area contributed by atoms with Gasteiger partial charge in [0.25, 0.3) is 6.20 Å². The topological polar surface area (TPSA) is 101 Å². The Morgan fingerprint density at radius 2 is 2.03 bits per heavy atom. The van der Waals surface area contributed by atoms with Crippen LogP contribution in [-0.4, -0.2) is 61.2 Å². The van der Waals surface area contributed by atoms with Crippen LogP contribution in [0.25, 0.3) is 0 Å². The van der Waals surface area contributed by atoms with Gasteiger partial charge < -0.3 is 14.4 Å². The minimum Gasteiger partial charge on any atom is -0.450 e. The van der Waals surface area contributed by atoms with Crippen LogP contribution in [0.4, 0.5) is 15.5 Å². The molecule has 30 heavy (non-hydrogen) atoms. The maximum atomic E-state index is 12.4. The molecule has 1 aliphatic heterocycles. The van der Waals surface area contributed by atoms with E-state index in [9.17, 15) is 9.59 Å². The van der Waals surface area contributed by atoms with Crippen molar-refractivity contribution >= 4 is 18.1 Å². The number of ether oxygens (including phenoxy) is 2. The van der Waals surface area contributed by atoms with Crippen molar-refractivity contribution in [3.63, 3.8) is 0 Å². The Bertz CT molecular complexity index is 788. The fourth-order valence-electron chi connectivity index (χ4n) is 5.25. The second-order valence-electron chi connectivity index (χ2n) is 9.15. The van der Waals surface area contributed by atoms with Crippen molar-refractivity contribution in [3.05, 3.63) is 6.20 Å². The third-order valence-corrected chi connectivity index (χ3v) is 7.30. The zero-order valence-electron chi connectivity index (χ0n) is 18.2. The van der Waals surface area contributed by atoms with Gasteiger partial charge in [-0.3, -0.25) is 9.84 Å². The zero-order chi connectivity index (χ0) is 21.5. The Morgan fingerprint density at radius 1 is 1.30 bits per heavy atom. The molecule has 4 atom stereocenters. The van der Waals surface area contributed by atoms with Crippen LogP contribution in [0.3, 0.4) is 0 Å². The van der Waals surface area contributed by atoms with E-state index < -0.39 is 6.09 Å². The molecule has 166 valence electrons. The molecule has 0 spiro atoms. The number of amides is 2. The summed E-state index contributed by atoms with van der Waals surface area (Å²) in [6, 6.07) is 0. The summed E-state index contributed by atoms with van der Waals surface area (Å²) < 4.78 is 16.0. The van der Waals surface area contributed by atoms with Crippen LogP contribution in [0.1, 0.15) is 40.5 Å². The lowest BCUT2D eigenvalue weighted by molar-refractivity contribution is -0.759. The van der Waals surface area contributed by atoms with Gasteiger partial charge in [0.05, 0.1) is 24.5 Å². The molecular weight excluding hydrogens is 390 g/mol. The van der Waals surface area contributed by atoms with Crippen molar-refractivity contribution in [1.82, 2.24) is 10.2 Å². The lowest BCUT2D eigenvalue weighted by atomic mass is 9.45. The number of nitrogens with one attached hydrogen (secondary N) is 1. The van der Waals surface area contributed by atoms with Crippen molar-refractivity contribution in [2.75, 3.05) is 43.1 Å². The van der Waals surface area contributed by atoms with E-state index in [4.69, 9.17) is 14.0 Å². The fraction of sp³-hybridized carbons (Fsp3) is 0.800. The Kier molecular flexibility index (Phi) is 5.50. The van der Waals surface area contributed by atoms with Gasteiger partial charge in [-0.15, -0.1) is 5.01 Å². The highest BCUT2D eigenvalue weighted by Gasteiger charge is 2.57. The molecule has 2 bridgehead atoms. The maximum absolute atomic E-state index is 12.4. The van der Waals surface area contributed by atoms with Crippen LogP contribution in [-0.2, 0) is 9.47 Å². The number of rotatable bonds is 4. The van der Waals surface area contributed by atoms with Crippen molar-refractivity contribution in [1.29, 1.82) is 0 Å². The van der Waals surface area contributed by atoms with Gasteiger partial charge in [-0.2, -0.15) is 0 Å². The van der Waals surface area contributed by atoms with E-state index in [1.54, 1.807) is 22.8 Å². The van der Waals surface area contributed by atoms with Crippen LogP contribution >= 0.6 is 0 Å². The van der Waals surface area contributed by atoms with Crippen molar-refractivity contribution in [3.8, 4) is 0 Å². The maximum Gasteiger partial charge on any atom is 0.414 e. The molecule has 1 N–H and O–H groups in total. The van der Waals surface area contributed by atoms with Crippen LogP contribution < -0.4 is 15.1 Å². The van der Waals surface area contributed by atoms with Gasteiger partial charge in [0.15, 0.2) is 0 Å². The van der Waals surface area contributed by atoms with E-state index in [-0.39, 0.29) is 18.1 Å². The first-order valence-electron chi connectivity index (χ1n) is 10.8. The molecule has 5 rings (SSSR count). The summed E-state index contributed by atoms with van der Waals surface area (Å²) in [4.78, 5) is 27.4. The minimum atomic E-state index is -0.513. The molecule has 1 aromatic heterocycles. The number of carbonyl (C=O) groups is 2. The van der Waals surface area contributed by atoms with Crippen LogP contribution in [0.15, 0.2) is 10.7 Å². The first-order valence-corrected chi connectivity index (χ1v) is 10.8. The van der Waals surface area contributed by atoms with Crippen molar-refractivity contribution < 1.29 is 28.4 Å². The number of nitrogens with zero attached hydrogens (tertiary/aromatic N) is 4. The average Bonchev–Trinajstić information content (AvgIpc) is 3.17. The van der Waals surface area contributed by atoms with E-state index in [1.807, 2.05) is 5.01 Å². The lowest BCUT2D eigenvalue weighted by Gasteiger charge is -2.61. The molecule has 4 fully saturated rings. The molecule has 1 aromatic rings. The van der Waals surface area contributed by atoms with Gasteiger partial charge >= 0.3 is 18.1 Å². The molecule has 10 heteroatoms. The standard InChI is InChI=1S/C20H31N5O5/c1-5-28-19(27)23-6-8-24(9-7-23)25-12-17(30-22-25)21-18(26)29-16-11-14-10-15(13(16)2)20(14,3)4/h12-16H,5-11H2,1-4H3/p+1. The van der Waals surface area contributed by atoms with Crippen molar-refractivity contribution in [2.24, 2.45) is 23.2 Å². The second kappa shape index (κ2) is 7.96. The summed E-state index contributed by atoms with van der Waals surface area (Å²) >= 11 is 0. The zero-order valence-corrected chi connectivity index (χ0v) is 18.2. The third-order valence-electron chi connectivity index (χ3n) is 7.30. The Morgan fingerprint density at radius 3 is 2.67 bits per heavy atom. The van der Waals surface area contributed by atoms with Gasteiger partial charge in [0, 0.05) is 13.1 Å². The Labute approximate surface area is 176 Å². The summed E-state index contributed by atoms with van der Waals surface area (Å²) in [5, 5.41) is 8.53. The number of carbonyl (C=O) groups excluding carboxylic acids is 2. The van der Waals surface area contributed by atoms with Crippen LogP contribution in [0, 0.1) is 23.2 Å². The highest BCUT2D eigenvalue weighted by Crippen LogP contribution is 2.61. The third kappa shape index (κ3) is 3.79. The van der Waals surface area contributed by atoms with Crippen molar-refractivity contribution in [2.45, 2.75) is 46.6 Å². The molecule has 3 aliphatic carbocycles. The van der Waals surface area contributed by atoms with Gasteiger partial charge in [0.1, 0.15) is 6.10 Å². The molecule has 3 saturated carbocycles. The van der Waals surface area contributed by atoms with E-state index >= 15 is 0 Å².